The predicted molar refractivity (Wildman–Crippen MR) is 110 cm³/mol. The Hall–Kier alpha value is -3.02. The van der Waals surface area contributed by atoms with Gasteiger partial charge in [0.1, 0.15) is 12.3 Å². The Kier molecular flexibility index (Phi) is 6.19. The molecule has 2 aromatic carbocycles. The lowest BCUT2D eigenvalue weighted by atomic mass is 9.97. The zero-order chi connectivity index (χ0) is 20.1. The average Bonchev–Trinajstić information content (AvgIpc) is 2.68. The number of fused-ring (bicyclic) bond motifs is 1. The lowest BCUT2D eigenvalue weighted by molar-refractivity contribution is -0.116. The van der Waals surface area contributed by atoms with E-state index in [1.807, 2.05) is 56.3 Å². The van der Waals surface area contributed by atoms with E-state index in [9.17, 15) is 9.59 Å². The summed E-state index contributed by atoms with van der Waals surface area (Å²) in [5, 5.41) is 5.80. The third-order valence-electron chi connectivity index (χ3n) is 4.97. The van der Waals surface area contributed by atoms with Gasteiger partial charge in [0.2, 0.25) is 5.91 Å². The van der Waals surface area contributed by atoms with Gasteiger partial charge in [-0.15, -0.1) is 0 Å². The van der Waals surface area contributed by atoms with Crippen molar-refractivity contribution in [2.45, 2.75) is 20.3 Å². The molecule has 2 aromatic rings. The number of urea groups is 1. The summed E-state index contributed by atoms with van der Waals surface area (Å²) in [6.45, 7) is 4.97. The van der Waals surface area contributed by atoms with Crippen LogP contribution in [0.4, 0.5) is 10.5 Å². The number of hydrogen-bond acceptors (Lipinski definition) is 3. The summed E-state index contributed by atoms with van der Waals surface area (Å²) in [6, 6.07) is 13.5. The highest BCUT2D eigenvalue weighted by Gasteiger charge is 2.21. The van der Waals surface area contributed by atoms with Crippen LogP contribution in [0.5, 0.6) is 5.75 Å². The fourth-order valence-corrected chi connectivity index (χ4v) is 3.37. The maximum atomic E-state index is 12.3. The second-order valence-corrected chi connectivity index (χ2v) is 7.35. The standard InChI is InChI=1S/C22H27N3O3/c1-15-7-6-8-16(2)21(15)24-20(26)13-25(3)22(27)23-12-17-11-18-9-4-5-10-19(18)28-14-17/h4-10,17H,11-14H2,1-3H3,(H,23,27)(H,24,26). The van der Waals surface area contributed by atoms with E-state index in [1.165, 1.54) is 4.90 Å². The quantitative estimate of drug-likeness (QED) is 0.836. The molecular formula is C22H27N3O3. The molecule has 0 radical (unpaired) electrons. The Morgan fingerprint density at radius 1 is 1.11 bits per heavy atom. The molecule has 148 valence electrons. The Bertz CT molecular complexity index is 846. The second-order valence-electron chi connectivity index (χ2n) is 7.35. The molecule has 1 unspecified atom stereocenters. The van der Waals surface area contributed by atoms with E-state index < -0.39 is 0 Å². The molecule has 1 atom stereocenters. The van der Waals surface area contributed by atoms with Crippen LogP contribution in [0.15, 0.2) is 42.5 Å². The molecule has 0 saturated heterocycles. The van der Waals surface area contributed by atoms with E-state index >= 15 is 0 Å². The van der Waals surface area contributed by atoms with E-state index in [2.05, 4.69) is 10.6 Å². The van der Waals surface area contributed by atoms with Crippen LogP contribution in [-0.2, 0) is 11.2 Å². The van der Waals surface area contributed by atoms with Crippen molar-refractivity contribution in [3.8, 4) is 5.75 Å². The maximum absolute atomic E-state index is 12.3. The summed E-state index contributed by atoms with van der Waals surface area (Å²) in [4.78, 5) is 26.1. The minimum absolute atomic E-state index is 0.0103. The summed E-state index contributed by atoms with van der Waals surface area (Å²) >= 11 is 0. The third kappa shape index (κ3) is 4.82. The van der Waals surface area contributed by atoms with Crippen LogP contribution in [0.2, 0.25) is 0 Å². The molecule has 0 bridgehead atoms. The van der Waals surface area contributed by atoms with Crippen LogP contribution in [0, 0.1) is 19.8 Å². The Balaban J connectivity index is 1.46. The third-order valence-corrected chi connectivity index (χ3v) is 4.97. The van der Waals surface area contributed by atoms with Gasteiger partial charge in [0.15, 0.2) is 0 Å². The van der Waals surface area contributed by atoms with Crippen LogP contribution in [-0.4, -0.2) is 43.6 Å². The lowest BCUT2D eigenvalue weighted by Gasteiger charge is -2.26. The van der Waals surface area contributed by atoms with Crippen molar-refractivity contribution in [3.05, 3.63) is 59.2 Å². The number of nitrogens with one attached hydrogen (secondary N) is 2. The zero-order valence-corrected chi connectivity index (χ0v) is 16.6. The Labute approximate surface area is 165 Å². The number of benzene rings is 2. The molecule has 1 aliphatic rings. The highest BCUT2D eigenvalue weighted by atomic mass is 16.5. The first-order valence-corrected chi connectivity index (χ1v) is 9.49. The summed E-state index contributed by atoms with van der Waals surface area (Å²) < 4.78 is 5.75. The molecule has 0 saturated carbocycles. The number of nitrogens with zero attached hydrogens (tertiary/aromatic N) is 1. The van der Waals surface area contributed by atoms with E-state index in [4.69, 9.17) is 4.74 Å². The minimum atomic E-state index is -0.268. The van der Waals surface area contributed by atoms with Crippen LogP contribution < -0.4 is 15.4 Å². The highest BCUT2D eigenvalue weighted by molar-refractivity contribution is 5.95. The van der Waals surface area contributed by atoms with E-state index in [1.54, 1.807) is 7.05 Å². The Morgan fingerprint density at radius 2 is 1.82 bits per heavy atom. The number of para-hydroxylation sites is 2. The van der Waals surface area contributed by atoms with Crippen molar-refractivity contribution in [1.82, 2.24) is 10.2 Å². The van der Waals surface area contributed by atoms with Crippen molar-refractivity contribution in [1.29, 1.82) is 0 Å². The summed E-state index contributed by atoms with van der Waals surface area (Å²) in [6.07, 6.45) is 0.868. The van der Waals surface area contributed by atoms with Gasteiger partial charge in [0.05, 0.1) is 6.61 Å². The number of amides is 3. The van der Waals surface area contributed by atoms with Crippen LogP contribution >= 0.6 is 0 Å². The van der Waals surface area contributed by atoms with Crippen molar-refractivity contribution in [3.63, 3.8) is 0 Å². The molecule has 28 heavy (non-hydrogen) atoms. The first-order valence-electron chi connectivity index (χ1n) is 9.49. The monoisotopic (exact) mass is 381 g/mol. The molecule has 1 heterocycles. The molecule has 6 nitrogen and oxygen atoms in total. The van der Waals surface area contributed by atoms with Gasteiger partial charge in [0.25, 0.3) is 0 Å². The second kappa shape index (κ2) is 8.78. The zero-order valence-electron chi connectivity index (χ0n) is 16.6. The average molecular weight is 381 g/mol. The molecular weight excluding hydrogens is 354 g/mol. The number of carbonyl (C=O) groups excluding carboxylic acids is 2. The largest absolute Gasteiger partial charge is 0.493 e. The van der Waals surface area contributed by atoms with Crippen LogP contribution in [0.1, 0.15) is 16.7 Å². The van der Waals surface area contributed by atoms with Crippen molar-refractivity contribution < 1.29 is 14.3 Å². The molecule has 0 aliphatic carbocycles. The molecule has 2 N–H and O–H groups in total. The number of hydrogen-bond donors (Lipinski definition) is 2. The number of ether oxygens (including phenoxy) is 1. The maximum Gasteiger partial charge on any atom is 0.317 e. The first kappa shape index (κ1) is 19.7. The van der Waals surface area contributed by atoms with Crippen molar-refractivity contribution >= 4 is 17.6 Å². The van der Waals surface area contributed by atoms with Gasteiger partial charge in [-0.3, -0.25) is 4.79 Å². The van der Waals surface area contributed by atoms with Crippen molar-refractivity contribution in [2.24, 2.45) is 5.92 Å². The van der Waals surface area contributed by atoms with Crippen LogP contribution in [0.25, 0.3) is 0 Å². The summed E-state index contributed by atoms with van der Waals surface area (Å²) in [7, 11) is 1.62. The minimum Gasteiger partial charge on any atom is -0.493 e. The van der Waals surface area contributed by atoms with E-state index in [0.29, 0.717) is 13.2 Å². The van der Waals surface area contributed by atoms with Gasteiger partial charge >= 0.3 is 6.03 Å². The highest BCUT2D eigenvalue weighted by Crippen LogP contribution is 2.26. The Morgan fingerprint density at radius 3 is 2.57 bits per heavy atom. The van der Waals surface area contributed by atoms with Gasteiger partial charge in [-0.25, -0.2) is 4.79 Å². The fraction of sp³-hybridized carbons (Fsp3) is 0.364. The number of likely N-dealkylation sites (N-methyl/N-ethyl adjacent to an activating group) is 1. The lowest BCUT2D eigenvalue weighted by Crippen LogP contribution is -2.44. The predicted octanol–water partition coefficient (Wildman–Crippen LogP) is 3.13. The molecule has 3 amide bonds. The van der Waals surface area contributed by atoms with Gasteiger partial charge < -0.3 is 20.3 Å². The molecule has 1 aliphatic heterocycles. The smallest absolute Gasteiger partial charge is 0.317 e. The first-order chi connectivity index (χ1) is 13.4. The topological polar surface area (TPSA) is 70.7 Å². The molecule has 0 spiro atoms. The molecule has 3 rings (SSSR count). The van der Waals surface area contributed by atoms with Gasteiger partial charge in [-0.05, 0) is 43.0 Å². The molecule has 0 aromatic heterocycles. The summed E-state index contributed by atoms with van der Waals surface area (Å²) in [5.74, 6) is 0.922. The van der Waals surface area contributed by atoms with Gasteiger partial charge in [-0.1, -0.05) is 36.4 Å². The normalized spacial score (nSPS) is 15.2. The number of aryl methyl sites for hydroxylation is 2. The van der Waals surface area contributed by atoms with E-state index in [-0.39, 0.29) is 24.4 Å². The number of carbonyl (C=O) groups is 2. The molecule has 6 heteroatoms. The van der Waals surface area contributed by atoms with Crippen molar-refractivity contribution in [2.75, 3.05) is 32.1 Å². The summed E-state index contributed by atoms with van der Waals surface area (Å²) in [5.41, 5.74) is 3.96. The van der Waals surface area contributed by atoms with Gasteiger partial charge in [0, 0.05) is 25.2 Å². The number of rotatable bonds is 5. The SMILES string of the molecule is Cc1cccc(C)c1NC(=O)CN(C)C(=O)NCC1COc2ccccc2C1. The van der Waals surface area contributed by atoms with Gasteiger partial charge in [-0.2, -0.15) is 0 Å². The number of anilines is 1. The van der Waals surface area contributed by atoms with E-state index in [0.717, 1.165) is 34.5 Å². The molecule has 0 fully saturated rings. The van der Waals surface area contributed by atoms with Crippen LogP contribution in [0.3, 0.4) is 0 Å². The fourth-order valence-electron chi connectivity index (χ4n) is 3.37.